The Hall–Kier alpha value is -0.640. The maximum Gasteiger partial charge on any atom is 0.152 e. The van der Waals surface area contributed by atoms with Crippen molar-refractivity contribution in [2.45, 2.75) is 31.8 Å². The summed E-state index contributed by atoms with van der Waals surface area (Å²) in [7, 11) is -1.05. The van der Waals surface area contributed by atoms with Gasteiger partial charge in [-0.1, -0.05) is 0 Å². The van der Waals surface area contributed by atoms with Crippen LogP contribution in [0.3, 0.4) is 0 Å². The third-order valence-electron chi connectivity index (χ3n) is 3.50. The second-order valence-corrected chi connectivity index (χ2v) is 7.24. The zero-order chi connectivity index (χ0) is 13.1. The molecule has 17 heavy (non-hydrogen) atoms. The van der Waals surface area contributed by atoms with Crippen molar-refractivity contribution < 1.29 is 8.42 Å². The van der Waals surface area contributed by atoms with Crippen molar-refractivity contribution in [2.75, 3.05) is 31.6 Å². The van der Waals surface area contributed by atoms with E-state index < -0.39 is 15.4 Å². The summed E-state index contributed by atoms with van der Waals surface area (Å²) in [5.41, 5.74) is -0.546. The standard InChI is InChI=1S/C11H21N3O2S/c1-10(8-11(2,9-12)13-3)14-4-6-17(15,16)7-5-14/h10,13H,4-8H2,1-3H3. The molecule has 1 fully saturated rings. The Bertz CT molecular complexity index is 387. The molecule has 98 valence electrons. The highest BCUT2D eigenvalue weighted by Gasteiger charge is 2.30. The average Bonchev–Trinajstić information content (AvgIpc) is 2.28. The third kappa shape index (κ3) is 3.95. The van der Waals surface area contributed by atoms with Gasteiger partial charge in [-0.15, -0.1) is 0 Å². The molecule has 5 nitrogen and oxygen atoms in total. The second-order valence-electron chi connectivity index (χ2n) is 4.93. The molecule has 1 N–H and O–H groups in total. The number of sulfone groups is 1. The molecule has 6 heteroatoms. The number of nitrogens with one attached hydrogen (secondary N) is 1. The Morgan fingerprint density at radius 2 is 2.00 bits per heavy atom. The minimum absolute atomic E-state index is 0.211. The van der Waals surface area contributed by atoms with Gasteiger partial charge in [-0.05, 0) is 27.3 Å². The fourth-order valence-electron chi connectivity index (χ4n) is 2.09. The Balaban J connectivity index is 2.56. The fourth-order valence-corrected chi connectivity index (χ4v) is 3.32. The molecule has 1 aliphatic rings. The van der Waals surface area contributed by atoms with Gasteiger partial charge in [0.25, 0.3) is 0 Å². The van der Waals surface area contributed by atoms with Crippen LogP contribution in [0.5, 0.6) is 0 Å². The van der Waals surface area contributed by atoms with E-state index in [0.717, 1.165) is 0 Å². The van der Waals surface area contributed by atoms with Crippen molar-refractivity contribution in [3.05, 3.63) is 0 Å². The molecule has 0 amide bonds. The first-order chi connectivity index (χ1) is 7.82. The smallest absolute Gasteiger partial charge is 0.152 e. The first kappa shape index (κ1) is 14.4. The van der Waals surface area contributed by atoms with Gasteiger partial charge < -0.3 is 5.32 Å². The van der Waals surface area contributed by atoms with Gasteiger partial charge in [0.1, 0.15) is 5.54 Å². The van der Waals surface area contributed by atoms with E-state index in [1.165, 1.54) is 0 Å². The van der Waals surface area contributed by atoms with E-state index in [-0.39, 0.29) is 17.5 Å². The summed E-state index contributed by atoms with van der Waals surface area (Å²) in [4.78, 5) is 2.15. The lowest BCUT2D eigenvalue weighted by atomic mass is 9.95. The lowest BCUT2D eigenvalue weighted by Crippen LogP contribution is -2.50. The van der Waals surface area contributed by atoms with Crippen molar-refractivity contribution in [1.29, 1.82) is 5.26 Å². The highest BCUT2D eigenvalue weighted by atomic mass is 32.2. The molecule has 0 aromatic rings. The summed E-state index contributed by atoms with van der Waals surface area (Å²) in [5.74, 6) is 0.473. The molecule has 2 atom stereocenters. The van der Waals surface area contributed by atoms with Crippen LogP contribution in [0.2, 0.25) is 0 Å². The first-order valence-corrected chi connectivity index (χ1v) is 7.69. The fraction of sp³-hybridized carbons (Fsp3) is 0.909. The summed E-state index contributed by atoms with van der Waals surface area (Å²) >= 11 is 0. The summed E-state index contributed by atoms with van der Waals surface area (Å²) in [6.45, 7) is 5.07. The van der Waals surface area contributed by atoms with Crippen LogP contribution in [0.1, 0.15) is 20.3 Å². The highest BCUT2D eigenvalue weighted by molar-refractivity contribution is 7.91. The molecule has 1 saturated heterocycles. The Morgan fingerprint density at radius 3 is 2.41 bits per heavy atom. The predicted octanol–water partition coefficient (Wildman–Crippen LogP) is -0.00292. The van der Waals surface area contributed by atoms with Crippen molar-refractivity contribution in [1.82, 2.24) is 10.2 Å². The lowest BCUT2D eigenvalue weighted by molar-refractivity contribution is 0.192. The molecule has 1 aliphatic heterocycles. The minimum Gasteiger partial charge on any atom is -0.303 e. The number of hydrogen-bond donors (Lipinski definition) is 1. The largest absolute Gasteiger partial charge is 0.303 e. The van der Waals surface area contributed by atoms with Gasteiger partial charge in [-0.2, -0.15) is 5.26 Å². The van der Waals surface area contributed by atoms with Crippen LogP contribution < -0.4 is 5.32 Å². The van der Waals surface area contributed by atoms with Crippen molar-refractivity contribution in [2.24, 2.45) is 0 Å². The Labute approximate surface area is 104 Å². The SMILES string of the molecule is CNC(C)(C#N)CC(C)N1CCS(=O)(=O)CC1. The van der Waals surface area contributed by atoms with E-state index in [0.29, 0.717) is 19.5 Å². The molecular weight excluding hydrogens is 238 g/mol. The van der Waals surface area contributed by atoms with Gasteiger partial charge >= 0.3 is 0 Å². The van der Waals surface area contributed by atoms with Crippen LogP contribution in [-0.4, -0.2) is 56.5 Å². The molecule has 0 aromatic carbocycles. The molecule has 0 spiro atoms. The topological polar surface area (TPSA) is 73.2 Å². The summed E-state index contributed by atoms with van der Waals surface area (Å²) < 4.78 is 22.6. The first-order valence-electron chi connectivity index (χ1n) is 5.86. The van der Waals surface area contributed by atoms with E-state index >= 15 is 0 Å². The highest BCUT2D eigenvalue weighted by Crippen LogP contribution is 2.17. The maximum absolute atomic E-state index is 11.3. The molecule has 0 radical (unpaired) electrons. The van der Waals surface area contributed by atoms with Crippen LogP contribution in [-0.2, 0) is 9.84 Å². The Kier molecular flexibility index (Phi) is 4.53. The molecule has 1 heterocycles. The van der Waals surface area contributed by atoms with Gasteiger partial charge in [0.2, 0.25) is 0 Å². The molecule has 2 unspecified atom stereocenters. The van der Waals surface area contributed by atoms with Crippen molar-refractivity contribution >= 4 is 9.84 Å². The van der Waals surface area contributed by atoms with Crippen molar-refractivity contribution in [3.8, 4) is 6.07 Å². The van der Waals surface area contributed by atoms with Crippen LogP contribution in [0, 0.1) is 11.3 Å². The van der Waals surface area contributed by atoms with E-state index in [9.17, 15) is 8.42 Å². The minimum atomic E-state index is -2.83. The van der Waals surface area contributed by atoms with Gasteiger partial charge in [0.05, 0.1) is 17.6 Å². The average molecular weight is 259 g/mol. The van der Waals surface area contributed by atoms with Crippen LogP contribution in [0.15, 0.2) is 0 Å². The molecular formula is C11H21N3O2S. The van der Waals surface area contributed by atoms with Gasteiger partial charge in [0.15, 0.2) is 9.84 Å². The monoisotopic (exact) mass is 259 g/mol. The van der Waals surface area contributed by atoms with Gasteiger partial charge in [-0.3, -0.25) is 4.90 Å². The van der Waals surface area contributed by atoms with E-state index in [2.05, 4.69) is 16.3 Å². The van der Waals surface area contributed by atoms with Crippen LogP contribution in [0.25, 0.3) is 0 Å². The normalized spacial score (nSPS) is 25.8. The third-order valence-corrected chi connectivity index (χ3v) is 5.11. The molecule has 0 bridgehead atoms. The zero-order valence-electron chi connectivity index (χ0n) is 10.7. The number of rotatable bonds is 4. The van der Waals surface area contributed by atoms with Crippen LogP contribution >= 0.6 is 0 Å². The summed E-state index contributed by atoms with van der Waals surface area (Å²) in [6.07, 6.45) is 0.694. The van der Waals surface area contributed by atoms with Gasteiger partial charge in [-0.25, -0.2) is 8.42 Å². The van der Waals surface area contributed by atoms with E-state index in [1.807, 2.05) is 13.8 Å². The Morgan fingerprint density at radius 1 is 1.47 bits per heavy atom. The molecule has 0 aromatic heterocycles. The lowest BCUT2D eigenvalue weighted by Gasteiger charge is -2.35. The summed E-state index contributed by atoms with van der Waals surface area (Å²) in [6, 6.07) is 2.47. The van der Waals surface area contributed by atoms with Crippen LogP contribution in [0.4, 0.5) is 0 Å². The maximum atomic E-state index is 11.3. The van der Waals surface area contributed by atoms with Crippen molar-refractivity contribution in [3.63, 3.8) is 0 Å². The number of hydrogen-bond acceptors (Lipinski definition) is 5. The quantitative estimate of drug-likeness (QED) is 0.769. The zero-order valence-corrected chi connectivity index (χ0v) is 11.5. The van der Waals surface area contributed by atoms with Gasteiger partial charge in [0, 0.05) is 19.1 Å². The molecule has 0 aliphatic carbocycles. The van der Waals surface area contributed by atoms with E-state index in [1.54, 1.807) is 7.05 Å². The van der Waals surface area contributed by atoms with E-state index in [4.69, 9.17) is 5.26 Å². The predicted molar refractivity (Wildman–Crippen MR) is 67.4 cm³/mol. The molecule has 0 saturated carbocycles. The number of nitrogens with zero attached hydrogens (tertiary/aromatic N) is 2. The number of nitriles is 1. The summed E-state index contributed by atoms with van der Waals surface area (Å²) in [5, 5.41) is 12.1. The molecule has 1 rings (SSSR count). The second kappa shape index (κ2) is 5.34.